The molecule has 0 aliphatic rings. The minimum Gasteiger partial charge on any atom is -0.504 e. The molecule has 0 aromatic heterocycles. The summed E-state index contributed by atoms with van der Waals surface area (Å²) in [7, 11) is 0. The first-order valence-corrected chi connectivity index (χ1v) is 6.61. The van der Waals surface area contributed by atoms with Crippen LogP contribution in [0, 0.1) is 0 Å². The van der Waals surface area contributed by atoms with E-state index in [0.717, 1.165) is 16.8 Å². The highest BCUT2D eigenvalue weighted by Crippen LogP contribution is 2.27. The van der Waals surface area contributed by atoms with Crippen LogP contribution in [0.3, 0.4) is 0 Å². The maximum absolute atomic E-state index is 9.65. The Morgan fingerprint density at radius 2 is 1.95 bits per heavy atom. The standard InChI is InChI=1S/C16H19NO3/c1-2-20-16-9-12(6-7-15(16)19)10-17-14-5-3-4-13(8-14)11-18/h3-9,17-19H,2,10-11H2,1H3. The Hall–Kier alpha value is -2.20. The van der Waals surface area contributed by atoms with E-state index in [4.69, 9.17) is 9.84 Å². The largest absolute Gasteiger partial charge is 0.504 e. The zero-order chi connectivity index (χ0) is 14.4. The fraction of sp³-hybridized carbons (Fsp3) is 0.250. The van der Waals surface area contributed by atoms with Crippen LogP contribution in [0.4, 0.5) is 5.69 Å². The van der Waals surface area contributed by atoms with Crippen LogP contribution < -0.4 is 10.1 Å². The lowest BCUT2D eigenvalue weighted by molar-refractivity contribution is 0.282. The van der Waals surface area contributed by atoms with E-state index in [0.29, 0.717) is 18.9 Å². The number of hydrogen-bond acceptors (Lipinski definition) is 4. The van der Waals surface area contributed by atoms with Gasteiger partial charge in [-0.1, -0.05) is 18.2 Å². The number of hydrogen-bond donors (Lipinski definition) is 3. The van der Waals surface area contributed by atoms with E-state index >= 15 is 0 Å². The molecular weight excluding hydrogens is 254 g/mol. The lowest BCUT2D eigenvalue weighted by Gasteiger charge is -2.10. The normalized spacial score (nSPS) is 10.3. The molecule has 0 bridgehead atoms. The monoisotopic (exact) mass is 273 g/mol. The zero-order valence-electron chi connectivity index (χ0n) is 11.5. The van der Waals surface area contributed by atoms with Gasteiger partial charge in [-0.25, -0.2) is 0 Å². The molecule has 2 aromatic carbocycles. The Kier molecular flexibility index (Phi) is 4.85. The molecule has 0 heterocycles. The van der Waals surface area contributed by atoms with Crippen LogP contribution in [0.5, 0.6) is 11.5 Å². The molecule has 4 heteroatoms. The maximum Gasteiger partial charge on any atom is 0.161 e. The Labute approximate surface area is 118 Å². The van der Waals surface area contributed by atoms with Crippen molar-refractivity contribution in [3.05, 3.63) is 53.6 Å². The summed E-state index contributed by atoms with van der Waals surface area (Å²) in [6, 6.07) is 12.9. The number of aliphatic hydroxyl groups is 1. The molecular formula is C16H19NO3. The molecule has 0 saturated heterocycles. The van der Waals surface area contributed by atoms with Crippen LogP contribution in [-0.2, 0) is 13.2 Å². The highest BCUT2D eigenvalue weighted by Gasteiger charge is 2.03. The number of phenols is 1. The van der Waals surface area contributed by atoms with Crippen molar-refractivity contribution in [2.45, 2.75) is 20.1 Å². The lowest BCUT2D eigenvalue weighted by Crippen LogP contribution is -2.01. The van der Waals surface area contributed by atoms with Crippen LogP contribution in [0.15, 0.2) is 42.5 Å². The van der Waals surface area contributed by atoms with E-state index in [1.165, 1.54) is 0 Å². The molecule has 106 valence electrons. The zero-order valence-corrected chi connectivity index (χ0v) is 11.5. The molecule has 0 amide bonds. The summed E-state index contributed by atoms with van der Waals surface area (Å²) in [5, 5.41) is 22.0. The number of phenolic OH excluding ortho intramolecular Hbond substituents is 1. The minimum atomic E-state index is 0.0310. The number of aliphatic hydroxyl groups excluding tert-OH is 1. The van der Waals surface area contributed by atoms with Gasteiger partial charge in [0.1, 0.15) is 0 Å². The highest BCUT2D eigenvalue weighted by atomic mass is 16.5. The Bertz CT molecular complexity index is 569. The minimum absolute atomic E-state index is 0.0310. The first-order valence-electron chi connectivity index (χ1n) is 6.61. The lowest BCUT2D eigenvalue weighted by atomic mass is 10.1. The van der Waals surface area contributed by atoms with Crippen molar-refractivity contribution in [3.63, 3.8) is 0 Å². The molecule has 0 unspecified atom stereocenters. The molecule has 0 aliphatic heterocycles. The molecule has 2 aromatic rings. The van der Waals surface area contributed by atoms with Crippen LogP contribution in [0.1, 0.15) is 18.1 Å². The Morgan fingerprint density at radius 1 is 1.10 bits per heavy atom. The second kappa shape index (κ2) is 6.82. The van der Waals surface area contributed by atoms with Crippen LogP contribution in [0.2, 0.25) is 0 Å². The molecule has 2 rings (SSSR count). The molecule has 0 saturated carbocycles. The van der Waals surface area contributed by atoms with Gasteiger partial charge in [0.2, 0.25) is 0 Å². The molecule has 0 radical (unpaired) electrons. The Balaban J connectivity index is 2.04. The van der Waals surface area contributed by atoms with Crippen molar-refractivity contribution in [1.82, 2.24) is 0 Å². The molecule has 0 spiro atoms. The molecule has 3 N–H and O–H groups in total. The van der Waals surface area contributed by atoms with Gasteiger partial charge in [-0.15, -0.1) is 0 Å². The highest BCUT2D eigenvalue weighted by molar-refractivity contribution is 5.47. The maximum atomic E-state index is 9.65. The molecule has 0 atom stereocenters. The van der Waals surface area contributed by atoms with Gasteiger partial charge in [0.15, 0.2) is 11.5 Å². The smallest absolute Gasteiger partial charge is 0.161 e. The fourth-order valence-corrected chi connectivity index (χ4v) is 1.92. The first kappa shape index (κ1) is 14.2. The van der Waals surface area contributed by atoms with E-state index in [1.807, 2.05) is 43.3 Å². The van der Waals surface area contributed by atoms with E-state index in [2.05, 4.69) is 5.32 Å². The summed E-state index contributed by atoms with van der Waals surface area (Å²) < 4.78 is 5.36. The third-order valence-electron chi connectivity index (χ3n) is 2.93. The predicted octanol–water partition coefficient (Wildman–Crippen LogP) is 2.90. The number of ether oxygens (including phenoxy) is 1. The summed E-state index contributed by atoms with van der Waals surface area (Å²) in [5.41, 5.74) is 2.83. The van der Waals surface area contributed by atoms with E-state index in [-0.39, 0.29) is 12.4 Å². The third kappa shape index (κ3) is 3.65. The summed E-state index contributed by atoms with van der Waals surface area (Å²) in [6.45, 7) is 3.05. The molecule has 20 heavy (non-hydrogen) atoms. The second-order valence-corrected chi connectivity index (χ2v) is 4.45. The van der Waals surface area contributed by atoms with Gasteiger partial charge in [0.05, 0.1) is 13.2 Å². The van der Waals surface area contributed by atoms with Gasteiger partial charge in [-0.2, -0.15) is 0 Å². The van der Waals surface area contributed by atoms with Crippen LogP contribution >= 0.6 is 0 Å². The average molecular weight is 273 g/mol. The van der Waals surface area contributed by atoms with Crippen molar-refractivity contribution in [3.8, 4) is 11.5 Å². The first-order chi connectivity index (χ1) is 9.72. The van der Waals surface area contributed by atoms with Gasteiger partial charge in [0.25, 0.3) is 0 Å². The fourth-order valence-electron chi connectivity index (χ4n) is 1.92. The van der Waals surface area contributed by atoms with Crippen molar-refractivity contribution in [1.29, 1.82) is 0 Å². The predicted molar refractivity (Wildman–Crippen MR) is 79.0 cm³/mol. The van der Waals surface area contributed by atoms with Crippen LogP contribution in [0.25, 0.3) is 0 Å². The second-order valence-electron chi connectivity index (χ2n) is 4.45. The third-order valence-corrected chi connectivity index (χ3v) is 2.93. The van der Waals surface area contributed by atoms with Crippen molar-refractivity contribution in [2.75, 3.05) is 11.9 Å². The van der Waals surface area contributed by atoms with Gasteiger partial charge in [0, 0.05) is 12.2 Å². The topological polar surface area (TPSA) is 61.7 Å². The summed E-state index contributed by atoms with van der Waals surface area (Å²) in [4.78, 5) is 0. The summed E-state index contributed by atoms with van der Waals surface area (Å²) >= 11 is 0. The van der Waals surface area contributed by atoms with Crippen LogP contribution in [-0.4, -0.2) is 16.8 Å². The number of benzene rings is 2. The van der Waals surface area contributed by atoms with E-state index < -0.39 is 0 Å². The number of anilines is 1. The van der Waals surface area contributed by atoms with Crippen molar-refractivity contribution in [2.24, 2.45) is 0 Å². The summed E-state index contributed by atoms with van der Waals surface area (Å²) in [5.74, 6) is 0.647. The molecule has 0 aliphatic carbocycles. The van der Waals surface area contributed by atoms with Crippen molar-refractivity contribution >= 4 is 5.69 Å². The number of nitrogens with one attached hydrogen (secondary N) is 1. The summed E-state index contributed by atoms with van der Waals surface area (Å²) in [6.07, 6.45) is 0. The molecule has 0 fully saturated rings. The average Bonchev–Trinajstić information content (AvgIpc) is 2.48. The quantitative estimate of drug-likeness (QED) is 0.757. The van der Waals surface area contributed by atoms with Gasteiger partial charge >= 0.3 is 0 Å². The van der Waals surface area contributed by atoms with E-state index in [9.17, 15) is 5.11 Å². The SMILES string of the molecule is CCOc1cc(CNc2cccc(CO)c2)ccc1O. The van der Waals surface area contributed by atoms with E-state index in [1.54, 1.807) is 6.07 Å². The number of aromatic hydroxyl groups is 1. The van der Waals surface area contributed by atoms with Gasteiger partial charge in [-0.3, -0.25) is 0 Å². The Morgan fingerprint density at radius 3 is 2.70 bits per heavy atom. The van der Waals surface area contributed by atoms with Gasteiger partial charge in [-0.05, 0) is 42.3 Å². The van der Waals surface area contributed by atoms with Crippen molar-refractivity contribution < 1.29 is 14.9 Å². The van der Waals surface area contributed by atoms with Gasteiger partial charge < -0.3 is 20.3 Å². The molecule has 4 nitrogen and oxygen atoms in total. The number of rotatable bonds is 6.